The van der Waals surface area contributed by atoms with Crippen LogP contribution in [-0.4, -0.2) is 36.1 Å². The molecule has 1 atom stereocenters. The SMILES string of the molecule is COCC(C)n1c(C)cc(/C=C(/C#N)C(=O)N(C)Cc2ccc(F)cc2F)c1C. The summed E-state index contributed by atoms with van der Waals surface area (Å²) >= 11 is 0. The molecule has 0 fully saturated rings. The topological polar surface area (TPSA) is 58.3 Å². The molecule has 1 heterocycles. The molecule has 7 heteroatoms. The van der Waals surface area contributed by atoms with Crippen molar-refractivity contribution < 1.29 is 18.3 Å². The minimum atomic E-state index is -0.734. The number of hydrogen-bond donors (Lipinski definition) is 0. The van der Waals surface area contributed by atoms with Crippen molar-refractivity contribution >= 4 is 12.0 Å². The summed E-state index contributed by atoms with van der Waals surface area (Å²) in [5.41, 5.74) is 2.78. The molecule has 154 valence electrons. The van der Waals surface area contributed by atoms with Gasteiger partial charge in [-0.2, -0.15) is 5.26 Å². The van der Waals surface area contributed by atoms with Gasteiger partial charge in [0.25, 0.3) is 5.91 Å². The van der Waals surface area contributed by atoms with Crippen LogP contribution in [0.4, 0.5) is 8.78 Å². The number of aryl methyl sites for hydroxylation is 1. The molecular formula is C22H25F2N3O2. The van der Waals surface area contributed by atoms with Crippen molar-refractivity contribution in [1.29, 1.82) is 5.26 Å². The van der Waals surface area contributed by atoms with Crippen LogP contribution in [0.1, 0.15) is 35.5 Å². The van der Waals surface area contributed by atoms with Crippen LogP contribution in [0.15, 0.2) is 29.8 Å². The molecule has 0 aliphatic carbocycles. The lowest BCUT2D eigenvalue weighted by molar-refractivity contribution is -0.125. The maximum atomic E-state index is 13.9. The fourth-order valence-electron chi connectivity index (χ4n) is 3.42. The number of carbonyl (C=O) groups is 1. The molecule has 5 nitrogen and oxygen atoms in total. The van der Waals surface area contributed by atoms with E-state index in [4.69, 9.17) is 4.74 Å². The highest BCUT2D eigenvalue weighted by Gasteiger charge is 2.19. The smallest absolute Gasteiger partial charge is 0.264 e. The van der Waals surface area contributed by atoms with E-state index < -0.39 is 17.5 Å². The number of carbonyl (C=O) groups excluding carboxylic acids is 1. The van der Waals surface area contributed by atoms with E-state index in [1.165, 1.54) is 24.1 Å². The lowest BCUT2D eigenvalue weighted by Gasteiger charge is -2.18. The average Bonchev–Trinajstić information content (AvgIpc) is 2.94. The summed E-state index contributed by atoms with van der Waals surface area (Å²) < 4.78 is 34.2. The Morgan fingerprint density at radius 3 is 2.62 bits per heavy atom. The molecule has 0 N–H and O–H groups in total. The van der Waals surface area contributed by atoms with E-state index in [1.54, 1.807) is 7.11 Å². The number of aromatic nitrogens is 1. The van der Waals surface area contributed by atoms with Crippen molar-refractivity contribution in [2.75, 3.05) is 20.8 Å². The maximum Gasteiger partial charge on any atom is 0.264 e. The largest absolute Gasteiger partial charge is 0.383 e. The predicted octanol–water partition coefficient (Wildman–Crippen LogP) is 4.16. The van der Waals surface area contributed by atoms with Crippen molar-refractivity contribution in [2.45, 2.75) is 33.4 Å². The number of methoxy groups -OCH3 is 1. The molecule has 0 saturated carbocycles. The fourth-order valence-corrected chi connectivity index (χ4v) is 3.42. The predicted molar refractivity (Wildman–Crippen MR) is 107 cm³/mol. The number of rotatable bonds is 7. The van der Waals surface area contributed by atoms with Gasteiger partial charge in [0, 0.05) is 43.7 Å². The van der Waals surface area contributed by atoms with Crippen molar-refractivity contribution in [2.24, 2.45) is 0 Å². The van der Waals surface area contributed by atoms with Gasteiger partial charge in [-0.05, 0) is 44.5 Å². The molecule has 2 rings (SSSR count). The van der Waals surface area contributed by atoms with Crippen LogP contribution in [0.3, 0.4) is 0 Å². The third-order valence-corrected chi connectivity index (χ3v) is 4.79. The Morgan fingerprint density at radius 1 is 1.34 bits per heavy atom. The molecule has 1 unspecified atom stereocenters. The Hall–Kier alpha value is -2.98. The molecular weight excluding hydrogens is 376 g/mol. The highest BCUT2D eigenvalue weighted by atomic mass is 19.1. The third-order valence-electron chi connectivity index (χ3n) is 4.79. The van der Waals surface area contributed by atoms with Crippen LogP contribution in [0.2, 0.25) is 0 Å². The van der Waals surface area contributed by atoms with Gasteiger partial charge in [0.1, 0.15) is 23.3 Å². The average molecular weight is 401 g/mol. The zero-order valence-electron chi connectivity index (χ0n) is 17.3. The molecule has 0 aliphatic heterocycles. The van der Waals surface area contributed by atoms with Crippen molar-refractivity contribution in [3.05, 3.63) is 64.0 Å². The lowest BCUT2D eigenvalue weighted by Crippen LogP contribution is -2.27. The molecule has 0 bridgehead atoms. The minimum absolute atomic E-state index is 0.0605. The zero-order chi connectivity index (χ0) is 21.7. The standard InChI is InChI=1S/C22H25F2N3O2/c1-14-8-18(16(3)27(14)15(2)13-29-5)9-19(11-25)22(28)26(4)12-17-6-7-20(23)10-21(17)24/h6-10,15H,12-13H2,1-5H3/b19-9-. The monoisotopic (exact) mass is 401 g/mol. The first-order valence-electron chi connectivity index (χ1n) is 9.18. The number of amides is 1. The van der Waals surface area contributed by atoms with Gasteiger partial charge < -0.3 is 14.2 Å². The Kier molecular flexibility index (Phi) is 7.29. The Morgan fingerprint density at radius 2 is 2.03 bits per heavy atom. The summed E-state index contributed by atoms with van der Waals surface area (Å²) in [4.78, 5) is 13.9. The first-order valence-corrected chi connectivity index (χ1v) is 9.18. The van der Waals surface area contributed by atoms with Gasteiger partial charge >= 0.3 is 0 Å². The van der Waals surface area contributed by atoms with E-state index in [9.17, 15) is 18.8 Å². The van der Waals surface area contributed by atoms with Gasteiger partial charge in [-0.3, -0.25) is 4.79 Å². The van der Waals surface area contributed by atoms with Crippen LogP contribution >= 0.6 is 0 Å². The van der Waals surface area contributed by atoms with Crippen LogP contribution in [-0.2, 0) is 16.1 Å². The van der Waals surface area contributed by atoms with Crippen molar-refractivity contribution in [3.8, 4) is 6.07 Å². The van der Waals surface area contributed by atoms with Gasteiger partial charge in [0.2, 0.25) is 0 Å². The molecule has 0 saturated heterocycles. The molecule has 0 spiro atoms. The Bertz CT molecular complexity index is 973. The second kappa shape index (κ2) is 9.48. The molecule has 1 aromatic heterocycles. The van der Waals surface area contributed by atoms with Gasteiger partial charge in [0.05, 0.1) is 12.6 Å². The van der Waals surface area contributed by atoms with Crippen molar-refractivity contribution in [1.82, 2.24) is 9.47 Å². The van der Waals surface area contributed by atoms with Gasteiger partial charge in [-0.25, -0.2) is 8.78 Å². The van der Waals surface area contributed by atoms with E-state index in [1.807, 2.05) is 32.9 Å². The number of ether oxygens (including phenoxy) is 1. The van der Waals surface area contributed by atoms with E-state index in [-0.39, 0.29) is 23.7 Å². The number of nitriles is 1. The van der Waals surface area contributed by atoms with Gasteiger partial charge in [-0.1, -0.05) is 6.07 Å². The van der Waals surface area contributed by atoms with E-state index in [0.29, 0.717) is 6.61 Å². The number of nitrogens with zero attached hydrogens (tertiary/aromatic N) is 3. The zero-order valence-corrected chi connectivity index (χ0v) is 17.3. The van der Waals surface area contributed by atoms with E-state index in [2.05, 4.69) is 4.57 Å². The number of hydrogen-bond acceptors (Lipinski definition) is 3. The third kappa shape index (κ3) is 5.09. The molecule has 0 radical (unpaired) electrons. The molecule has 2 aromatic rings. The lowest BCUT2D eigenvalue weighted by atomic mass is 10.1. The Balaban J connectivity index is 2.28. The first-order chi connectivity index (χ1) is 13.7. The maximum absolute atomic E-state index is 13.9. The summed E-state index contributed by atoms with van der Waals surface area (Å²) in [6.45, 7) is 6.36. The second-order valence-electron chi connectivity index (χ2n) is 7.07. The molecule has 0 aliphatic rings. The van der Waals surface area contributed by atoms with Gasteiger partial charge in [0.15, 0.2) is 0 Å². The first kappa shape index (κ1) is 22.3. The fraction of sp³-hybridized carbons (Fsp3) is 0.364. The highest BCUT2D eigenvalue weighted by molar-refractivity contribution is 6.01. The summed E-state index contributed by atoms with van der Waals surface area (Å²) in [5, 5.41) is 9.51. The number of halogens is 2. The summed E-state index contributed by atoms with van der Waals surface area (Å²) in [5.74, 6) is -1.95. The van der Waals surface area contributed by atoms with Crippen molar-refractivity contribution in [3.63, 3.8) is 0 Å². The number of likely N-dealkylation sites (N-methyl/N-ethyl adjacent to an activating group) is 1. The quantitative estimate of drug-likeness (QED) is 0.517. The minimum Gasteiger partial charge on any atom is -0.383 e. The molecule has 1 aromatic carbocycles. The summed E-state index contributed by atoms with van der Waals surface area (Å²) in [7, 11) is 3.11. The highest BCUT2D eigenvalue weighted by Crippen LogP contribution is 2.23. The van der Waals surface area contributed by atoms with Crippen LogP contribution in [0, 0.1) is 36.8 Å². The molecule has 29 heavy (non-hydrogen) atoms. The Labute approximate surface area is 169 Å². The molecule has 1 amide bonds. The van der Waals surface area contributed by atoms with Crippen LogP contribution < -0.4 is 0 Å². The van der Waals surface area contributed by atoms with Gasteiger partial charge in [-0.15, -0.1) is 0 Å². The van der Waals surface area contributed by atoms with Crippen LogP contribution in [0.25, 0.3) is 6.08 Å². The summed E-state index contributed by atoms with van der Waals surface area (Å²) in [6, 6.07) is 7.13. The summed E-state index contributed by atoms with van der Waals surface area (Å²) in [6.07, 6.45) is 1.54. The second-order valence-corrected chi connectivity index (χ2v) is 7.07. The van der Waals surface area contributed by atoms with Crippen LogP contribution in [0.5, 0.6) is 0 Å². The normalized spacial score (nSPS) is 12.6. The number of benzene rings is 1. The van der Waals surface area contributed by atoms with E-state index >= 15 is 0 Å². The van der Waals surface area contributed by atoms with E-state index in [0.717, 1.165) is 29.1 Å².